The molecule has 0 radical (unpaired) electrons. The number of nitrogens with zero attached hydrogens (tertiary/aromatic N) is 3. The first-order chi connectivity index (χ1) is 12.5. The molecule has 140 valence electrons. The van der Waals surface area contributed by atoms with Crippen LogP contribution in [0.3, 0.4) is 0 Å². The van der Waals surface area contributed by atoms with Crippen LogP contribution < -0.4 is 5.32 Å². The molecule has 0 aromatic carbocycles. The Morgan fingerprint density at radius 1 is 1.42 bits per heavy atom. The van der Waals surface area contributed by atoms with Crippen molar-refractivity contribution in [2.24, 2.45) is 0 Å². The van der Waals surface area contributed by atoms with Gasteiger partial charge in [0.15, 0.2) is 0 Å². The minimum absolute atomic E-state index is 0.204. The Labute approximate surface area is 158 Å². The van der Waals surface area contributed by atoms with Crippen LogP contribution in [0.5, 0.6) is 0 Å². The van der Waals surface area contributed by atoms with Crippen LogP contribution in [0.25, 0.3) is 0 Å². The molecule has 2 aliphatic heterocycles. The van der Waals surface area contributed by atoms with E-state index in [4.69, 9.17) is 4.52 Å². The third-order valence-electron chi connectivity index (χ3n) is 5.48. The summed E-state index contributed by atoms with van der Waals surface area (Å²) in [7, 11) is 0. The molecule has 0 bridgehead atoms. The van der Waals surface area contributed by atoms with Crippen molar-refractivity contribution in [1.82, 2.24) is 20.3 Å². The molecule has 2 aliphatic rings. The highest BCUT2D eigenvalue weighted by Crippen LogP contribution is 2.31. The van der Waals surface area contributed by atoms with E-state index < -0.39 is 0 Å². The number of amides is 1. The molecule has 1 fully saturated rings. The summed E-state index contributed by atoms with van der Waals surface area (Å²) in [5, 5.41) is 9.52. The zero-order chi connectivity index (χ0) is 18.3. The number of aromatic nitrogens is 1. The Morgan fingerprint density at radius 3 is 3.00 bits per heavy atom. The van der Waals surface area contributed by atoms with E-state index in [1.807, 2.05) is 18.7 Å². The quantitative estimate of drug-likeness (QED) is 0.894. The summed E-state index contributed by atoms with van der Waals surface area (Å²) in [5.41, 5.74) is 4.36. The number of piperazine rings is 1. The highest BCUT2D eigenvalue weighted by molar-refractivity contribution is 7.10. The second-order valence-corrected chi connectivity index (χ2v) is 8.39. The molecule has 0 unspecified atom stereocenters. The van der Waals surface area contributed by atoms with Crippen LogP contribution in [-0.4, -0.2) is 53.1 Å². The number of nitrogens with one attached hydrogen (secondary N) is 1. The number of rotatable bonds is 3. The van der Waals surface area contributed by atoms with Gasteiger partial charge in [-0.25, -0.2) is 0 Å². The van der Waals surface area contributed by atoms with Crippen molar-refractivity contribution in [3.05, 3.63) is 38.4 Å². The lowest BCUT2D eigenvalue weighted by Gasteiger charge is -2.32. The van der Waals surface area contributed by atoms with Gasteiger partial charge in [-0.3, -0.25) is 9.69 Å². The van der Waals surface area contributed by atoms with Crippen LogP contribution in [-0.2, 0) is 19.5 Å². The van der Waals surface area contributed by atoms with Gasteiger partial charge in [0.05, 0.1) is 11.3 Å². The molecule has 26 heavy (non-hydrogen) atoms. The first kappa shape index (κ1) is 17.7. The van der Waals surface area contributed by atoms with Gasteiger partial charge in [0.2, 0.25) is 0 Å². The summed E-state index contributed by atoms with van der Waals surface area (Å²) < 4.78 is 5.29. The highest BCUT2D eigenvalue weighted by atomic mass is 32.1. The molecule has 0 saturated carbocycles. The van der Waals surface area contributed by atoms with E-state index in [1.165, 1.54) is 16.0 Å². The van der Waals surface area contributed by atoms with Crippen molar-refractivity contribution in [3.8, 4) is 0 Å². The Hall–Kier alpha value is -1.70. The largest absolute Gasteiger partial charge is 0.361 e. The average Bonchev–Trinajstić information content (AvgIpc) is 3.19. The number of carbonyl (C=O) groups is 1. The molecule has 1 N–H and O–H groups in total. The Balaban J connectivity index is 1.47. The molecule has 4 rings (SSSR count). The van der Waals surface area contributed by atoms with Crippen molar-refractivity contribution in [2.45, 2.75) is 46.3 Å². The van der Waals surface area contributed by atoms with Gasteiger partial charge in [0.25, 0.3) is 5.91 Å². The third-order valence-corrected chi connectivity index (χ3v) is 6.49. The topological polar surface area (TPSA) is 61.6 Å². The van der Waals surface area contributed by atoms with Gasteiger partial charge in [0, 0.05) is 61.1 Å². The molecule has 4 heterocycles. The number of hydrogen-bond donors (Lipinski definition) is 1. The summed E-state index contributed by atoms with van der Waals surface area (Å²) in [6.45, 7) is 11.3. The summed E-state index contributed by atoms with van der Waals surface area (Å²) in [6, 6.07) is 0.368. The second kappa shape index (κ2) is 7.13. The van der Waals surface area contributed by atoms with Crippen LogP contribution in [0, 0.1) is 13.8 Å². The number of fused-ring (bicyclic) bond motifs is 1. The molecule has 2 aromatic rings. The lowest BCUT2D eigenvalue weighted by atomic mass is 10.0. The van der Waals surface area contributed by atoms with Crippen LogP contribution in [0.1, 0.15) is 44.7 Å². The molecule has 1 amide bonds. The van der Waals surface area contributed by atoms with Crippen molar-refractivity contribution in [3.63, 3.8) is 0 Å². The Kier molecular flexibility index (Phi) is 4.86. The fourth-order valence-corrected chi connectivity index (χ4v) is 5.05. The maximum atomic E-state index is 13.0. The first-order valence-electron chi connectivity index (χ1n) is 9.29. The van der Waals surface area contributed by atoms with Crippen molar-refractivity contribution in [1.29, 1.82) is 0 Å². The molecule has 2 aromatic heterocycles. The van der Waals surface area contributed by atoms with Crippen LogP contribution in [0.4, 0.5) is 0 Å². The molecular formula is C19H26N4O2S. The number of thiophene rings is 1. The second-order valence-electron chi connectivity index (χ2n) is 7.42. The molecule has 6 nitrogen and oxygen atoms in total. The number of carbonyl (C=O) groups excluding carboxylic acids is 1. The van der Waals surface area contributed by atoms with Crippen LogP contribution in [0.15, 0.2) is 9.90 Å². The third kappa shape index (κ3) is 3.31. The zero-order valence-corrected chi connectivity index (χ0v) is 16.5. The van der Waals surface area contributed by atoms with E-state index in [-0.39, 0.29) is 5.91 Å². The highest BCUT2D eigenvalue weighted by Gasteiger charge is 2.28. The van der Waals surface area contributed by atoms with E-state index in [9.17, 15) is 4.79 Å². The van der Waals surface area contributed by atoms with Gasteiger partial charge in [-0.05, 0) is 32.8 Å². The first-order valence-corrected chi connectivity index (χ1v) is 10.2. The zero-order valence-electron chi connectivity index (χ0n) is 15.7. The summed E-state index contributed by atoms with van der Waals surface area (Å²) in [6.07, 6.45) is 0.935. The normalized spacial score (nSPS) is 21.0. The van der Waals surface area contributed by atoms with Crippen molar-refractivity contribution in [2.75, 3.05) is 26.2 Å². The molecule has 7 heteroatoms. The molecular weight excluding hydrogens is 348 g/mol. The van der Waals surface area contributed by atoms with Gasteiger partial charge in [-0.15, -0.1) is 11.3 Å². The monoisotopic (exact) mass is 374 g/mol. The summed E-state index contributed by atoms with van der Waals surface area (Å²) in [4.78, 5) is 18.7. The Bertz CT molecular complexity index is 793. The fraction of sp³-hybridized carbons (Fsp3) is 0.579. The van der Waals surface area contributed by atoms with Gasteiger partial charge >= 0.3 is 0 Å². The predicted octanol–water partition coefficient (Wildman–Crippen LogP) is 2.35. The van der Waals surface area contributed by atoms with E-state index in [0.29, 0.717) is 6.04 Å². The molecule has 1 saturated heterocycles. The lowest BCUT2D eigenvalue weighted by Crippen LogP contribution is -2.51. The number of aryl methyl sites for hydroxylation is 2. The van der Waals surface area contributed by atoms with E-state index in [1.54, 1.807) is 11.3 Å². The molecule has 0 spiro atoms. The summed E-state index contributed by atoms with van der Waals surface area (Å²) >= 11 is 1.73. The van der Waals surface area contributed by atoms with Gasteiger partial charge in [-0.1, -0.05) is 5.16 Å². The number of hydrogen-bond acceptors (Lipinski definition) is 6. The van der Waals surface area contributed by atoms with E-state index in [0.717, 1.165) is 62.7 Å². The smallest absolute Gasteiger partial charge is 0.255 e. The SMILES string of the molecule is Cc1noc(C)c1CN1CCc2c(C(=O)N3CCN[C@H](C)C3)csc2C1. The van der Waals surface area contributed by atoms with Crippen LogP contribution >= 0.6 is 11.3 Å². The van der Waals surface area contributed by atoms with Crippen molar-refractivity contribution < 1.29 is 9.32 Å². The lowest BCUT2D eigenvalue weighted by molar-refractivity contribution is 0.0707. The van der Waals surface area contributed by atoms with Gasteiger partial charge in [-0.2, -0.15) is 0 Å². The van der Waals surface area contributed by atoms with Crippen LogP contribution in [0.2, 0.25) is 0 Å². The maximum Gasteiger partial charge on any atom is 0.255 e. The van der Waals surface area contributed by atoms with Gasteiger partial charge < -0.3 is 14.7 Å². The minimum atomic E-state index is 0.204. The van der Waals surface area contributed by atoms with E-state index >= 15 is 0 Å². The van der Waals surface area contributed by atoms with Crippen molar-refractivity contribution >= 4 is 17.2 Å². The fourth-order valence-electron chi connectivity index (χ4n) is 3.93. The summed E-state index contributed by atoms with van der Waals surface area (Å²) in [5.74, 6) is 1.11. The Morgan fingerprint density at radius 2 is 2.27 bits per heavy atom. The van der Waals surface area contributed by atoms with E-state index in [2.05, 4.69) is 27.7 Å². The predicted molar refractivity (Wildman–Crippen MR) is 101 cm³/mol. The van der Waals surface area contributed by atoms with Gasteiger partial charge in [0.1, 0.15) is 5.76 Å². The average molecular weight is 375 g/mol. The standard InChI is InChI=1S/C19H26N4O2S/c1-12-8-23(7-5-20-12)19(24)17-11-26-18-10-22(6-4-15(17)18)9-16-13(2)21-25-14(16)3/h11-12,20H,4-10H2,1-3H3/t12-/m1/s1. The minimum Gasteiger partial charge on any atom is -0.361 e. The molecule has 1 atom stereocenters. The molecule has 0 aliphatic carbocycles. The maximum absolute atomic E-state index is 13.0.